The monoisotopic (exact) mass is 399 g/mol. The Kier molecular flexibility index (Phi) is 5.37. The van der Waals surface area contributed by atoms with Gasteiger partial charge in [-0.2, -0.15) is 5.10 Å². The van der Waals surface area contributed by atoms with Gasteiger partial charge in [0.15, 0.2) is 0 Å². The van der Waals surface area contributed by atoms with E-state index in [0.717, 1.165) is 16.5 Å². The molecule has 0 bridgehead atoms. The second kappa shape index (κ2) is 7.04. The molecule has 0 unspecified atom stereocenters. The number of aryl methyl sites for hydroxylation is 1. The molecule has 4 nitrogen and oxygen atoms in total. The SMILES string of the molecule is CCCn1ncc(NCc2ccccc2Br)c(Br)c1=O. The molecule has 1 aromatic carbocycles. The first-order valence-corrected chi connectivity index (χ1v) is 7.95. The van der Waals surface area contributed by atoms with E-state index in [9.17, 15) is 4.79 Å². The van der Waals surface area contributed by atoms with Crippen LogP contribution >= 0.6 is 31.9 Å². The lowest BCUT2D eigenvalue weighted by Gasteiger charge is -2.11. The number of aromatic nitrogens is 2. The lowest BCUT2D eigenvalue weighted by Crippen LogP contribution is -2.24. The van der Waals surface area contributed by atoms with Crippen molar-refractivity contribution in [3.05, 3.63) is 55.3 Å². The molecule has 0 aliphatic carbocycles. The Hall–Kier alpha value is -1.14. The summed E-state index contributed by atoms with van der Waals surface area (Å²) in [5, 5.41) is 7.39. The molecule has 0 fully saturated rings. The third-order valence-corrected chi connectivity index (χ3v) is 4.39. The first-order chi connectivity index (χ1) is 9.63. The van der Waals surface area contributed by atoms with Gasteiger partial charge in [-0.25, -0.2) is 4.68 Å². The van der Waals surface area contributed by atoms with Gasteiger partial charge in [-0.3, -0.25) is 4.79 Å². The second-order valence-corrected chi connectivity index (χ2v) is 5.99. The third kappa shape index (κ3) is 3.49. The molecule has 20 heavy (non-hydrogen) atoms. The van der Waals surface area contributed by atoms with Crippen LogP contribution in [-0.2, 0) is 13.1 Å². The minimum absolute atomic E-state index is 0.107. The van der Waals surface area contributed by atoms with E-state index in [1.165, 1.54) is 4.68 Å². The summed E-state index contributed by atoms with van der Waals surface area (Å²) in [6.07, 6.45) is 2.56. The van der Waals surface area contributed by atoms with Crippen molar-refractivity contribution in [3.8, 4) is 0 Å². The molecule has 6 heteroatoms. The normalized spacial score (nSPS) is 10.6. The van der Waals surface area contributed by atoms with Gasteiger partial charge in [0.25, 0.3) is 5.56 Å². The number of hydrogen-bond donors (Lipinski definition) is 1. The maximum atomic E-state index is 12.1. The third-order valence-electron chi connectivity index (χ3n) is 2.85. The van der Waals surface area contributed by atoms with Crippen LogP contribution in [0.15, 0.2) is 44.2 Å². The van der Waals surface area contributed by atoms with Gasteiger partial charge < -0.3 is 5.32 Å². The van der Waals surface area contributed by atoms with Gasteiger partial charge in [-0.1, -0.05) is 41.1 Å². The van der Waals surface area contributed by atoms with Gasteiger partial charge in [0.05, 0.1) is 11.9 Å². The fraction of sp³-hybridized carbons (Fsp3) is 0.286. The number of halogens is 2. The molecule has 106 valence electrons. The molecule has 0 amide bonds. The van der Waals surface area contributed by atoms with E-state index in [-0.39, 0.29) is 5.56 Å². The second-order valence-electron chi connectivity index (χ2n) is 4.35. The van der Waals surface area contributed by atoms with Crippen molar-refractivity contribution < 1.29 is 0 Å². The molecule has 0 spiro atoms. The molecule has 2 rings (SSSR count). The van der Waals surface area contributed by atoms with Crippen LogP contribution in [0.1, 0.15) is 18.9 Å². The van der Waals surface area contributed by atoms with E-state index >= 15 is 0 Å². The fourth-order valence-corrected chi connectivity index (χ4v) is 2.66. The lowest BCUT2D eigenvalue weighted by molar-refractivity contribution is 0.566. The van der Waals surface area contributed by atoms with E-state index in [2.05, 4.69) is 42.3 Å². The molecule has 0 saturated heterocycles. The largest absolute Gasteiger partial charge is 0.379 e. The Labute approximate surface area is 134 Å². The highest BCUT2D eigenvalue weighted by Crippen LogP contribution is 2.20. The molecule has 0 atom stereocenters. The van der Waals surface area contributed by atoms with Crippen molar-refractivity contribution in [1.82, 2.24) is 9.78 Å². The van der Waals surface area contributed by atoms with Crippen LogP contribution in [0.25, 0.3) is 0 Å². The summed E-state index contributed by atoms with van der Waals surface area (Å²) in [5.74, 6) is 0. The summed E-state index contributed by atoms with van der Waals surface area (Å²) in [6, 6.07) is 7.96. The number of nitrogens with one attached hydrogen (secondary N) is 1. The Morgan fingerprint density at radius 3 is 2.75 bits per heavy atom. The summed E-state index contributed by atoms with van der Waals surface area (Å²) in [7, 11) is 0. The van der Waals surface area contributed by atoms with Crippen molar-refractivity contribution in [1.29, 1.82) is 0 Å². The van der Waals surface area contributed by atoms with Crippen molar-refractivity contribution in [2.45, 2.75) is 26.4 Å². The van der Waals surface area contributed by atoms with Crippen LogP contribution in [0, 0.1) is 0 Å². The van der Waals surface area contributed by atoms with E-state index in [1.807, 2.05) is 31.2 Å². The van der Waals surface area contributed by atoms with Crippen LogP contribution < -0.4 is 10.9 Å². The van der Waals surface area contributed by atoms with Crippen LogP contribution in [0.3, 0.4) is 0 Å². The van der Waals surface area contributed by atoms with Crippen molar-refractivity contribution in [2.75, 3.05) is 5.32 Å². The average Bonchev–Trinajstić information content (AvgIpc) is 2.45. The highest BCUT2D eigenvalue weighted by atomic mass is 79.9. The molecule has 0 saturated carbocycles. The quantitative estimate of drug-likeness (QED) is 0.830. The zero-order valence-corrected chi connectivity index (χ0v) is 14.2. The number of benzene rings is 1. The summed E-state index contributed by atoms with van der Waals surface area (Å²) in [4.78, 5) is 12.1. The van der Waals surface area contributed by atoms with E-state index in [0.29, 0.717) is 23.2 Å². The fourth-order valence-electron chi connectivity index (χ4n) is 1.79. The van der Waals surface area contributed by atoms with Gasteiger partial charge in [-0.15, -0.1) is 0 Å². The minimum atomic E-state index is -0.107. The topological polar surface area (TPSA) is 46.9 Å². The molecule has 0 radical (unpaired) electrons. The highest BCUT2D eigenvalue weighted by Gasteiger charge is 2.08. The first kappa shape index (κ1) is 15.3. The lowest BCUT2D eigenvalue weighted by atomic mass is 10.2. The summed E-state index contributed by atoms with van der Waals surface area (Å²) < 4.78 is 3.03. The highest BCUT2D eigenvalue weighted by molar-refractivity contribution is 9.10. The van der Waals surface area contributed by atoms with E-state index in [4.69, 9.17) is 0 Å². The van der Waals surface area contributed by atoms with Gasteiger partial charge in [-0.05, 0) is 34.0 Å². The molecular weight excluding hydrogens is 386 g/mol. The predicted octanol–water partition coefficient (Wildman–Crippen LogP) is 3.79. The van der Waals surface area contributed by atoms with E-state index in [1.54, 1.807) is 6.20 Å². The van der Waals surface area contributed by atoms with Crippen LogP contribution in [0.2, 0.25) is 0 Å². The Morgan fingerprint density at radius 1 is 1.30 bits per heavy atom. The van der Waals surface area contributed by atoms with Gasteiger partial charge in [0, 0.05) is 17.6 Å². The van der Waals surface area contributed by atoms with Crippen LogP contribution in [-0.4, -0.2) is 9.78 Å². The molecule has 0 aliphatic rings. The van der Waals surface area contributed by atoms with Crippen molar-refractivity contribution >= 4 is 37.5 Å². The van der Waals surface area contributed by atoms with E-state index < -0.39 is 0 Å². The number of hydrogen-bond acceptors (Lipinski definition) is 3. The first-order valence-electron chi connectivity index (χ1n) is 6.36. The van der Waals surface area contributed by atoms with Crippen LogP contribution in [0.5, 0.6) is 0 Å². The standard InChI is InChI=1S/C14H15Br2N3O/c1-2-7-19-14(20)13(16)12(9-18-19)17-8-10-5-3-4-6-11(10)15/h3-6,9,17H,2,7-8H2,1H3. The van der Waals surface area contributed by atoms with Gasteiger partial charge >= 0.3 is 0 Å². The molecular formula is C14H15Br2N3O. The maximum Gasteiger partial charge on any atom is 0.283 e. The summed E-state index contributed by atoms with van der Waals surface area (Å²) in [6.45, 7) is 3.27. The Morgan fingerprint density at radius 2 is 2.05 bits per heavy atom. The van der Waals surface area contributed by atoms with Gasteiger partial charge in [0.1, 0.15) is 4.47 Å². The molecule has 1 N–H and O–H groups in total. The van der Waals surface area contributed by atoms with Crippen molar-refractivity contribution in [2.24, 2.45) is 0 Å². The molecule has 1 heterocycles. The van der Waals surface area contributed by atoms with Crippen molar-refractivity contribution in [3.63, 3.8) is 0 Å². The molecule has 0 aliphatic heterocycles. The zero-order chi connectivity index (χ0) is 14.5. The molecule has 2 aromatic rings. The summed E-state index contributed by atoms with van der Waals surface area (Å²) in [5.41, 5.74) is 1.72. The molecule has 1 aromatic heterocycles. The Balaban J connectivity index is 2.17. The van der Waals surface area contributed by atoms with Gasteiger partial charge in [0.2, 0.25) is 0 Å². The average molecular weight is 401 g/mol. The Bertz CT molecular complexity index is 655. The number of nitrogens with zero attached hydrogens (tertiary/aromatic N) is 2. The minimum Gasteiger partial charge on any atom is -0.379 e. The maximum absolute atomic E-state index is 12.1. The zero-order valence-electron chi connectivity index (χ0n) is 11.1. The number of rotatable bonds is 5. The smallest absolute Gasteiger partial charge is 0.283 e. The number of anilines is 1. The van der Waals surface area contributed by atoms with Crippen LogP contribution in [0.4, 0.5) is 5.69 Å². The predicted molar refractivity (Wildman–Crippen MR) is 88.0 cm³/mol. The summed E-state index contributed by atoms with van der Waals surface area (Å²) >= 11 is 6.85.